The Morgan fingerprint density at radius 3 is 2.34 bits per heavy atom. The van der Waals surface area contributed by atoms with Crippen molar-refractivity contribution in [3.63, 3.8) is 0 Å². The summed E-state index contributed by atoms with van der Waals surface area (Å²) in [6.07, 6.45) is -3.54. The van der Waals surface area contributed by atoms with Crippen LogP contribution in [0.5, 0.6) is 0 Å². The minimum absolute atomic E-state index is 0. The Morgan fingerprint density at radius 1 is 1.21 bits per heavy atom. The first-order valence-electron chi connectivity index (χ1n) is 7.75. The Balaban J connectivity index is 0.00000210. The van der Waals surface area contributed by atoms with E-state index >= 15 is 0 Å². The molecule has 0 aliphatic carbocycles. The van der Waals surface area contributed by atoms with E-state index in [9.17, 15) is 21.6 Å². The number of halogens is 5. The topological polar surface area (TPSA) is 82.7 Å². The summed E-state index contributed by atoms with van der Waals surface area (Å²) in [5.74, 6) is -0.00893. The maximum absolute atomic E-state index is 12.9. The van der Waals surface area contributed by atoms with Crippen LogP contribution in [0.15, 0.2) is 17.3 Å². The van der Waals surface area contributed by atoms with E-state index in [0.29, 0.717) is 9.94 Å². The van der Waals surface area contributed by atoms with Gasteiger partial charge in [-0.25, -0.2) is 0 Å². The van der Waals surface area contributed by atoms with Crippen molar-refractivity contribution in [1.82, 2.24) is 24.1 Å². The van der Waals surface area contributed by atoms with Crippen LogP contribution in [0.3, 0.4) is 0 Å². The minimum Gasteiger partial charge on any atom is -1.00 e. The molecule has 0 amide bonds. The van der Waals surface area contributed by atoms with Gasteiger partial charge in [0, 0.05) is 0 Å². The number of sulfone groups is 1. The zero-order valence-corrected chi connectivity index (χ0v) is 21.2. The molecular formula is C14H13Cl2F3LiN5O2SZn. The van der Waals surface area contributed by atoms with Gasteiger partial charge in [-0.2, -0.15) is 0 Å². The summed E-state index contributed by atoms with van der Waals surface area (Å²) in [5, 5.41) is -0.0336. The van der Waals surface area contributed by atoms with Crippen LogP contribution in [-0.2, 0) is 46.2 Å². The molecule has 0 saturated heterocycles. The monoisotopic (exact) mass is 513 g/mol. The summed E-state index contributed by atoms with van der Waals surface area (Å²) in [4.78, 5) is 12.0. The fraction of sp³-hybridized carbons (Fsp3) is 0.357. The average molecular weight is 516 g/mol. The molecule has 150 valence electrons. The van der Waals surface area contributed by atoms with Crippen LogP contribution >= 0.6 is 9.69 Å². The Labute approximate surface area is 194 Å². The summed E-state index contributed by atoms with van der Waals surface area (Å²) in [6, 6.07) is 0.829. The van der Waals surface area contributed by atoms with Crippen molar-refractivity contribution in [3.05, 3.63) is 18.0 Å². The second-order valence-corrected chi connectivity index (χ2v) is 11.3. The van der Waals surface area contributed by atoms with E-state index in [2.05, 4.69) is 15.0 Å². The number of imidazole rings is 2. The molecule has 0 bridgehead atoms. The predicted molar refractivity (Wildman–Crippen MR) is 88.9 cm³/mol. The summed E-state index contributed by atoms with van der Waals surface area (Å²) >= 11 is -1.76. The standard InChI is InChI=1S/C14H13F3N5O2S.2ClH.Li.Zn/c1-4-25(23,24)13-11(19-7-21(13)2)12-20-8-5-10(14(15,16)17)18-6-9(8)22(12)3;;;;/h5-6H,4H2,1-3H3;2*1H;;/q;;;2*+1/p-2. The summed E-state index contributed by atoms with van der Waals surface area (Å²) in [6.45, 7) is 1.50. The fourth-order valence-corrected chi connectivity index (χ4v) is 6.62. The Morgan fingerprint density at radius 2 is 1.83 bits per heavy atom. The number of aryl methyl sites for hydroxylation is 1. The molecule has 3 rings (SSSR count). The van der Waals surface area contributed by atoms with Gasteiger partial charge in [0.2, 0.25) is 0 Å². The van der Waals surface area contributed by atoms with Crippen LogP contribution in [0.1, 0.15) is 12.6 Å². The maximum atomic E-state index is 12.9. The SMILES string of the molecule is CCS(=O)(=O)c1c(-c2nc3cc(C(F)(F)F)ncc3n2C)n[c]([Zn][Cl])n1C.[Cl-].[Li+]. The van der Waals surface area contributed by atoms with Crippen LogP contribution in [0.25, 0.3) is 22.6 Å². The number of nitrogens with zero attached hydrogens (tertiary/aromatic N) is 5. The van der Waals surface area contributed by atoms with Crippen molar-refractivity contribution in [2.45, 2.75) is 18.1 Å². The van der Waals surface area contributed by atoms with Crippen LogP contribution in [0, 0.1) is 0 Å². The van der Waals surface area contributed by atoms with Gasteiger partial charge in [0.05, 0.1) is 0 Å². The second kappa shape index (κ2) is 9.25. The van der Waals surface area contributed by atoms with Gasteiger partial charge >= 0.3 is 183 Å². The first-order valence-corrected chi connectivity index (χ1v) is 14.8. The number of fused-ring (bicyclic) bond motifs is 1. The van der Waals surface area contributed by atoms with E-state index in [0.717, 1.165) is 12.3 Å². The van der Waals surface area contributed by atoms with E-state index in [4.69, 9.17) is 9.69 Å². The molecule has 0 saturated carbocycles. The first-order chi connectivity index (χ1) is 12.5. The zero-order valence-electron chi connectivity index (χ0n) is 15.9. The number of pyridine rings is 1. The van der Waals surface area contributed by atoms with Crippen molar-refractivity contribution < 1.29 is 69.0 Å². The smallest absolute Gasteiger partial charge is 1.00 e. The number of hydrogen-bond donors (Lipinski definition) is 0. The molecule has 0 fully saturated rings. The van der Waals surface area contributed by atoms with Crippen molar-refractivity contribution in [2.75, 3.05) is 5.75 Å². The molecule has 15 heteroatoms. The van der Waals surface area contributed by atoms with Crippen LogP contribution in [0.4, 0.5) is 13.2 Å². The number of rotatable bonds is 4. The van der Waals surface area contributed by atoms with E-state index in [1.807, 2.05) is 0 Å². The predicted octanol–water partition coefficient (Wildman–Crippen LogP) is -3.95. The summed E-state index contributed by atoms with van der Waals surface area (Å²) in [7, 11) is 5.51. The summed E-state index contributed by atoms with van der Waals surface area (Å²) in [5.41, 5.74) is -0.599. The van der Waals surface area contributed by atoms with Gasteiger partial charge in [-0.15, -0.1) is 0 Å². The van der Waals surface area contributed by atoms with E-state index < -0.39 is 37.8 Å². The second-order valence-electron chi connectivity index (χ2n) is 5.83. The van der Waals surface area contributed by atoms with Crippen LogP contribution in [0.2, 0.25) is 0 Å². The molecule has 3 aromatic rings. The van der Waals surface area contributed by atoms with Crippen LogP contribution < -0.4 is 35.7 Å². The van der Waals surface area contributed by atoms with Gasteiger partial charge in [0.1, 0.15) is 0 Å². The fourth-order valence-electron chi connectivity index (χ4n) is 2.74. The average Bonchev–Trinajstić information content (AvgIpc) is 3.11. The Hall–Kier alpha value is -0.629. The molecule has 0 aliphatic rings. The molecule has 0 atom stereocenters. The third-order valence-electron chi connectivity index (χ3n) is 4.20. The zero-order chi connectivity index (χ0) is 20.1. The number of alkyl halides is 3. The molecule has 0 aliphatic heterocycles. The third-order valence-corrected chi connectivity index (χ3v) is 9.09. The number of aromatic nitrogens is 5. The number of hydrogen-bond acceptors (Lipinski definition) is 5. The minimum atomic E-state index is -4.60. The van der Waals surface area contributed by atoms with Crippen molar-refractivity contribution in [3.8, 4) is 11.5 Å². The quantitative estimate of drug-likeness (QED) is 0.332. The van der Waals surface area contributed by atoms with Gasteiger partial charge < -0.3 is 12.4 Å². The first kappa shape index (κ1) is 26.4. The van der Waals surface area contributed by atoms with Crippen LogP contribution in [-0.4, -0.2) is 38.3 Å². The third kappa shape index (κ3) is 4.68. The molecule has 0 aromatic carbocycles. The largest absolute Gasteiger partial charge is 1.00 e. The van der Waals surface area contributed by atoms with Gasteiger partial charge in [0.25, 0.3) is 0 Å². The molecule has 0 N–H and O–H groups in total. The molecular weight excluding hydrogens is 502 g/mol. The molecule has 29 heavy (non-hydrogen) atoms. The molecule has 0 unspecified atom stereocenters. The molecule has 0 radical (unpaired) electrons. The summed E-state index contributed by atoms with van der Waals surface area (Å²) < 4.78 is 67.3. The molecule has 7 nitrogen and oxygen atoms in total. The van der Waals surface area contributed by atoms with E-state index in [-0.39, 0.29) is 59.1 Å². The molecule has 3 aromatic heterocycles. The van der Waals surface area contributed by atoms with E-state index in [1.54, 1.807) is 14.1 Å². The van der Waals surface area contributed by atoms with Crippen molar-refractivity contribution >= 4 is 35.0 Å². The van der Waals surface area contributed by atoms with Gasteiger partial charge in [-0.3, -0.25) is 0 Å². The molecule has 0 spiro atoms. The van der Waals surface area contributed by atoms with E-state index in [1.165, 1.54) is 16.1 Å². The van der Waals surface area contributed by atoms with Crippen molar-refractivity contribution in [2.24, 2.45) is 14.1 Å². The van der Waals surface area contributed by atoms with Crippen molar-refractivity contribution in [1.29, 1.82) is 0 Å². The Kier molecular flexibility index (Phi) is 8.42. The van der Waals surface area contributed by atoms with Gasteiger partial charge in [-0.1, -0.05) is 0 Å². The maximum Gasteiger partial charge on any atom is 1.00 e. The Bertz CT molecular complexity index is 1150. The van der Waals surface area contributed by atoms with Gasteiger partial charge in [-0.05, 0) is 0 Å². The normalized spacial score (nSPS) is 11.7. The van der Waals surface area contributed by atoms with Gasteiger partial charge in [0.15, 0.2) is 0 Å². The molecule has 3 heterocycles.